The highest BCUT2D eigenvalue weighted by molar-refractivity contribution is 5.90. The standard InChI is InChI=1S/C13H21N5O/c1-9(2)16-13(14)15-8-7-12(19)18-11-6-4-5-10(3)17-11/h4-6,9H,7-8H2,1-3H3,(H3,14,15,16)(H,17,18,19). The molecular weight excluding hydrogens is 242 g/mol. The van der Waals surface area contributed by atoms with Crippen molar-refractivity contribution in [1.29, 1.82) is 0 Å². The Hall–Kier alpha value is -2.11. The van der Waals surface area contributed by atoms with E-state index >= 15 is 0 Å². The number of nitrogens with two attached hydrogens (primary N) is 1. The lowest BCUT2D eigenvalue weighted by Gasteiger charge is -2.08. The molecule has 0 aliphatic heterocycles. The summed E-state index contributed by atoms with van der Waals surface area (Å²) in [6, 6.07) is 5.70. The number of nitrogens with one attached hydrogen (secondary N) is 2. The van der Waals surface area contributed by atoms with Gasteiger partial charge in [-0.15, -0.1) is 0 Å². The molecule has 1 rings (SSSR count). The molecular formula is C13H21N5O. The second-order valence-electron chi connectivity index (χ2n) is 4.53. The van der Waals surface area contributed by atoms with Crippen molar-refractivity contribution in [2.24, 2.45) is 10.7 Å². The average Bonchev–Trinajstić information content (AvgIpc) is 2.27. The van der Waals surface area contributed by atoms with Gasteiger partial charge in [0, 0.05) is 18.2 Å². The largest absolute Gasteiger partial charge is 0.370 e. The highest BCUT2D eigenvalue weighted by Gasteiger charge is 2.03. The number of carbonyl (C=O) groups excluding carboxylic acids is 1. The van der Waals surface area contributed by atoms with E-state index < -0.39 is 0 Å². The molecule has 0 aliphatic rings. The molecule has 0 atom stereocenters. The maximum absolute atomic E-state index is 11.6. The molecule has 6 heteroatoms. The van der Waals surface area contributed by atoms with E-state index in [4.69, 9.17) is 5.73 Å². The summed E-state index contributed by atoms with van der Waals surface area (Å²) in [4.78, 5) is 19.9. The molecule has 0 spiro atoms. The quantitative estimate of drug-likeness (QED) is 0.546. The predicted molar refractivity (Wildman–Crippen MR) is 77.0 cm³/mol. The molecule has 0 saturated heterocycles. The fourth-order valence-corrected chi connectivity index (χ4v) is 1.44. The molecule has 1 heterocycles. The van der Waals surface area contributed by atoms with Crippen molar-refractivity contribution >= 4 is 17.7 Å². The van der Waals surface area contributed by atoms with E-state index in [0.29, 0.717) is 18.3 Å². The van der Waals surface area contributed by atoms with Gasteiger partial charge in [0.25, 0.3) is 0 Å². The van der Waals surface area contributed by atoms with Gasteiger partial charge in [-0.1, -0.05) is 6.07 Å². The van der Waals surface area contributed by atoms with Crippen LogP contribution in [0.3, 0.4) is 0 Å². The number of aromatic nitrogens is 1. The molecule has 1 aromatic rings. The van der Waals surface area contributed by atoms with Crippen LogP contribution in [-0.2, 0) is 4.79 Å². The third-order valence-corrected chi connectivity index (χ3v) is 2.21. The minimum Gasteiger partial charge on any atom is -0.370 e. The summed E-state index contributed by atoms with van der Waals surface area (Å²) < 4.78 is 0. The number of aryl methyl sites for hydroxylation is 1. The van der Waals surface area contributed by atoms with Gasteiger partial charge in [-0.05, 0) is 32.9 Å². The van der Waals surface area contributed by atoms with Crippen LogP contribution in [0.25, 0.3) is 0 Å². The highest BCUT2D eigenvalue weighted by Crippen LogP contribution is 2.04. The molecule has 0 radical (unpaired) electrons. The van der Waals surface area contributed by atoms with Crippen LogP contribution < -0.4 is 16.4 Å². The second-order valence-corrected chi connectivity index (χ2v) is 4.53. The first-order valence-corrected chi connectivity index (χ1v) is 6.27. The lowest BCUT2D eigenvalue weighted by Crippen LogP contribution is -2.36. The van der Waals surface area contributed by atoms with Gasteiger partial charge in [-0.25, -0.2) is 4.98 Å². The van der Waals surface area contributed by atoms with Gasteiger partial charge in [0.15, 0.2) is 5.96 Å². The molecule has 1 amide bonds. The van der Waals surface area contributed by atoms with Gasteiger partial charge >= 0.3 is 0 Å². The van der Waals surface area contributed by atoms with Crippen molar-refractivity contribution in [2.75, 3.05) is 11.9 Å². The number of hydrogen-bond donors (Lipinski definition) is 3. The molecule has 6 nitrogen and oxygen atoms in total. The van der Waals surface area contributed by atoms with Crippen molar-refractivity contribution in [1.82, 2.24) is 10.3 Å². The van der Waals surface area contributed by atoms with Crippen LogP contribution in [0, 0.1) is 6.92 Å². The van der Waals surface area contributed by atoms with Crippen molar-refractivity contribution in [3.8, 4) is 0 Å². The van der Waals surface area contributed by atoms with Gasteiger partial charge in [-0.3, -0.25) is 9.79 Å². The number of amides is 1. The first-order valence-electron chi connectivity index (χ1n) is 6.27. The number of guanidine groups is 1. The van der Waals surface area contributed by atoms with Crippen molar-refractivity contribution in [2.45, 2.75) is 33.2 Å². The lowest BCUT2D eigenvalue weighted by molar-refractivity contribution is -0.116. The first kappa shape index (κ1) is 14.9. The average molecular weight is 263 g/mol. The van der Waals surface area contributed by atoms with E-state index in [-0.39, 0.29) is 18.4 Å². The zero-order valence-electron chi connectivity index (χ0n) is 11.6. The number of carbonyl (C=O) groups is 1. The third-order valence-electron chi connectivity index (χ3n) is 2.21. The van der Waals surface area contributed by atoms with Crippen LogP contribution in [0.5, 0.6) is 0 Å². The zero-order valence-corrected chi connectivity index (χ0v) is 11.6. The zero-order chi connectivity index (χ0) is 14.3. The maximum atomic E-state index is 11.6. The molecule has 104 valence electrons. The number of pyridine rings is 1. The predicted octanol–water partition coefficient (Wildman–Crippen LogP) is 1.03. The topological polar surface area (TPSA) is 92.4 Å². The highest BCUT2D eigenvalue weighted by atomic mass is 16.1. The van der Waals surface area contributed by atoms with E-state index in [1.54, 1.807) is 6.07 Å². The molecule has 0 aromatic carbocycles. The Balaban J connectivity index is 2.36. The van der Waals surface area contributed by atoms with E-state index in [0.717, 1.165) is 5.69 Å². The van der Waals surface area contributed by atoms with Crippen LogP contribution in [0.2, 0.25) is 0 Å². The smallest absolute Gasteiger partial charge is 0.227 e. The molecule has 19 heavy (non-hydrogen) atoms. The van der Waals surface area contributed by atoms with Gasteiger partial charge in [0.2, 0.25) is 5.91 Å². The summed E-state index contributed by atoms with van der Waals surface area (Å²) in [7, 11) is 0. The van der Waals surface area contributed by atoms with E-state index in [1.165, 1.54) is 0 Å². The molecule has 0 aliphatic carbocycles. The molecule has 0 fully saturated rings. The Morgan fingerprint density at radius 1 is 1.47 bits per heavy atom. The Labute approximate surface area is 113 Å². The molecule has 1 aromatic heterocycles. The summed E-state index contributed by atoms with van der Waals surface area (Å²) in [5, 5.41) is 5.67. The van der Waals surface area contributed by atoms with Crippen molar-refractivity contribution in [3.05, 3.63) is 23.9 Å². The Kier molecular flexibility index (Phi) is 5.78. The Bertz CT molecular complexity index is 456. The van der Waals surface area contributed by atoms with Gasteiger partial charge in [-0.2, -0.15) is 0 Å². The van der Waals surface area contributed by atoms with Gasteiger partial charge in [0.1, 0.15) is 5.82 Å². The van der Waals surface area contributed by atoms with Crippen LogP contribution >= 0.6 is 0 Å². The van der Waals surface area contributed by atoms with Crippen LogP contribution in [0.4, 0.5) is 5.82 Å². The van der Waals surface area contributed by atoms with Crippen molar-refractivity contribution < 1.29 is 4.79 Å². The summed E-state index contributed by atoms with van der Waals surface area (Å²) in [5.41, 5.74) is 6.49. The lowest BCUT2D eigenvalue weighted by atomic mass is 10.3. The fourth-order valence-electron chi connectivity index (χ4n) is 1.44. The minimum absolute atomic E-state index is 0.126. The van der Waals surface area contributed by atoms with Crippen molar-refractivity contribution in [3.63, 3.8) is 0 Å². The van der Waals surface area contributed by atoms with E-state index in [2.05, 4.69) is 20.6 Å². The number of anilines is 1. The third kappa shape index (κ3) is 6.40. The molecule has 0 saturated carbocycles. The van der Waals surface area contributed by atoms with Crippen LogP contribution in [0.1, 0.15) is 26.0 Å². The monoisotopic (exact) mass is 263 g/mol. The van der Waals surface area contributed by atoms with E-state index in [1.807, 2.05) is 32.9 Å². The molecule has 4 N–H and O–H groups in total. The fraction of sp³-hybridized carbons (Fsp3) is 0.462. The second kappa shape index (κ2) is 7.35. The SMILES string of the molecule is Cc1cccc(NC(=O)CCN=C(N)NC(C)C)n1. The number of rotatable bonds is 5. The summed E-state index contributed by atoms with van der Waals surface area (Å²) >= 11 is 0. The molecule has 0 unspecified atom stereocenters. The minimum atomic E-state index is -0.126. The number of hydrogen-bond acceptors (Lipinski definition) is 3. The maximum Gasteiger partial charge on any atom is 0.227 e. The summed E-state index contributed by atoms with van der Waals surface area (Å²) in [5.74, 6) is 0.790. The summed E-state index contributed by atoms with van der Waals surface area (Å²) in [6.45, 7) is 6.17. The van der Waals surface area contributed by atoms with Crippen LogP contribution in [0.15, 0.2) is 23.2 Å². The Morgan fingerprint density at radius 3 is 2.84 bits per heavy atom. The number of nitrogens with zero attached hydrogens (tertiary/aromatic N) is 2. The number of aliphatic imine (C=N–C) groups is 1. The molecule has 0 bridgehead atoms. The first-order chi connectivity index (χ1) is 8.97. The normalized spacial score (nSPS) is 11.5. The van der Waals surface area contributed by atoms with Crippen LogP contribution in [-0.4, -0.2) is 29.4 Å². The van der Waals surface area contributed by atoms with Gasteiger partial charge in [0.05, 0.1) is 6.54 Å². The van der Waals surface area contributed by atoms with E-state index in [9.17, 15) is 4.79 Å². The summed E-state index contributed by atoms with van der Waals surface area (Å²) in [6.07, 6.45) is 0.274. The van der Waals surface area contributed by atoms with Gasteiger partial charge < -0.3 is 16.4 Å². The Morgan fingerprint density at radius 2 is 2.21 bits per heavy atom.